The average Bonchev–Trinajstić information content (AvgIpc) is 2.13. The molecule has 0 aliphatic heterocycles. The fourth-order valence-electron chi connectivity index (χ4n) is 1.24. The zero-order valence-electron chi connectivity index (χ0n) is 10.2. The van der Waals surface area contributed by atoms with E-state index in [-0.39, 0.29) is 33.3 Å². The summed E-state index contributed by atoms with van der Waals surface area (Å²) >= 11 is 8.76. The minimum absolute atomic E-state index is 0. The number of hydrogen-bond acceptors (Lipinski definition) is 3. The van der Waals surface area contributed by atoms with Gasteiger partial charge in [0.2, 0.25) is 10.0 Å². The number of benzene rings is 1. The van der Waals surface area contributed by atoms with E-state index in [2.05, 4.69) is 20.7 Å². The summed E-state index contributed by atoms with van der Waals surface area (Å²) in [4.78, 5) is -0.202. The van der Waals surface area contributed by atoms with E-state index in [0.717, 1.165) is 12.1 Å². The van der Waals surface area contributed by atoms with Gasteiger partial charge in [-0.3, -0.25) is 0 Å². The van der Waals surface area contributed by atoms with E-state index in [9.17, 15) is 12.8 Å². The maximum atomic E-state index is 13.1. The van der Waals surface area contributed by atoms with Crippen molar-refractivity contribution in [2.24, 2.45) is 5.73 Å². The second-order valence-corrected chi connectivity index (χ2v) is 7.27. The zero-order chi connectivity index (χ0) is 14.1. The number of halogens is 4. The lowest BCUT2D eigenvalue weighted by Crippen LogP contribution is -2.48. The molecule has 3 N–H and O–H groups in total. The van der Waals surface area contributed by atoms with Crippen molar-refractivity contribution in [1.82, 2.24) is 4.72 Å². The summed E-state index contributed by atoms with van der Waals surface area (Å²) in [6.45, 7) is 3.38. The van der Waals surface area contributed by atoms with E-state index in [1.165, 1.54) is 0 Å². The van der Waals surface area contributed by atoms with Gasteiger partial charge in [0.1, 0.15) is 10.7 Å². The van der Waals surface area contributed by atoms with Crippen molar-refractivity contribution < 1.29 is 12.8 Å². The topological polar surface area (TPSA) is 72.2 Å². The van der Waals surface area contributed by atoms with Crippen molar-refractivity contribution in [3.8, 4) is 0 Å². The van der Waals surface area contributed by atoms with Gasteiger partial charge in [0.15, 0.2) is 0 Å². The van der Waals surface area contributed by atoms with Crippen LogP contribution >= 0.6 is 39.9 Å². The molecule has 9 heteroatoms. The van der Waals surface area contributed by atoms with E-state index in [1.807, 2.05) is 0 Å². The Labute approximate surface area is 131 Å². The third-order valence-electron chi connectivity index (χ3n) is 2.15. The summed E-state index contributed by atoms with van der Waals surface area (Å²) in [7, 11) is -3.88. The van der Waals surface area contributed by atoms with Gasteiger partial charge in [-0.05, 0) is 41.9 Å². The van der Waals surface area contributed by atoms with Gasteiger partial charge in [0, 0.05) is 16.6 Å². The maximum Gasteiger partial charge on any atom is 0.243 e. The van der Waals surface area contributed by atoms with E-state index >= 15 is 0 Å². The molecular weight excluding hydrogens is 382 g/mol. The smallest absolute Gasteiger partial charge is 0.243 e. The highest BCUT2D eigenvalue weighted by Gasteiger charge is 2.28. The summed E-state index contributed by atoms with van der Waals surface area (Å²) in [6.07, 6.45) is 0. The Balaban J connectivity index is 0.00000324. The molecule has 0 heterocycles. The molecule has 110 valence electrons. The summed E-state index contributed by atoms with van der Waals surface area (Å²) in [6, 6.07) is 1.98. The van der Waals surface area contributed by atoms with Crippen molar-refractivity contribution >= 4 is 50.0 Å². The lowest BCUT2D eigenvalue weighted by molar-refractivity contribution is 0.462. The van der Waals surface area contributed by atoms with Gasteiger partial charge in [-0.25, -0.2) is 17.5 Å². The predicted molar refractivity (Wildman–Crippen MR) is 79.8 cm³/mol. The lowest BCUT2D eigenvalue weighted by Gasteiger charge is -2.24. The summed E-state index contributed by atoms with van der Waals surface area (Å²) in [5.74, 6) is -0.621. The first kappa shape index (κ1) is 19.1. The van der Waals surface area contributed by atoms with Crippen LogP contribution in [0.1, 0.15) is 13.8 Å². The molecule has 0 radical (unpaired) electrons. The molecule has 0 bridgehead atoms. The Kier molecular flexibility index (Phi) is 6.72. The van der Waals surface area contributed by atoms with Crippen LogP contribution in [0, 0.1) is 5.82 Å². The van der Waals surface area contributed by atoms with Crippen molar-refractivity contribution in [1.29, 1.82) is 0 Å². The first-order chi connectivity index (χ1) is 8.09. The first-order valence-corrected chi connectivity index (χ1v) is 7.63. The van der Waals surface area contributed by atoms with Crippen LogP contribution in [0.2, 0.25) is 5.02 Å². The van der Waals surface area contributed by atoms with Gasteiger partial charge in [-0.15, -0.1) is 12.4 Å². The molecule has 4 nitrogen and oxygen atoms in total. The Morgan fingerprint density at radius 1 is 1.47 bits per heavy atom. The van der Waals surface area contributed by atoms with Crippen molar-refractivity contribution in [3.63, 3.8) is 0 Å². The number of rotatable bonds is 4. The maximum absolute atomic E-state index is 13.1. The van der Waals surface area contributed by atoms with Crippen LogP contribution in [-0.2, 0) is 10.0 Å². The third-order valence-corrected chi connectivity index (χ3v) is 5.25. The van der Waals surface area contributed by atoms with Crippen LogP contribution in [0.3, 0.4) is 0 Å². The standard InChI is InChI=1S/C10H13BrClFN2O2S.ClH/c1-10(2,5-14)15-18(16,17)9-7(11)3-6(13)4-8(9)12;/h3-4,15H,5,14H2,1-2H3;1H. The van der Waals surface area contributed by atoms with E-state index < -0.39 is 21.4 Å². The van der Waals surface area contributed by atoms with Crippen molar-refractivity contribution in [2.45, 2.75) is 24.3 Å². The molecule has 19 heavy (non-hydrogen) atoms. The minimum atomic E-state index is -3.88. The highest BCUT2D eigenvalue weighted by atomic mass is 79.9. The van der Waals surface area contributed by atoms with Gasteiger partial charge < -0.3 is 5.73 Å². The monoisotopic (exact) mass is 394 g/mol. The molecule has 0 saturated heterocycles. The molecule has 0 amide bonds. The molecule has 0 aliphatic rings. The first-order valence-electron chi connectivity index (χ1n) is 4.98. The Morgan fingerprint density at radius 2 is 2.00 bits per heavy atom. The molecule has 0 aliphatic carbocycles. The van der Waals surface area contributed by atoms with E-state index in [1.54, 1.807) is 13.8 Å². The van der Waals surface area contributed by atoms with Crippen LogP contribution in [0.25, 0.3) is 0 Å². The zero-order valence-corrected chi connectivity index (χ0v) is 14.2. The molecule has 0 unspecified atom stereocenters. The molecule has 0 aromatic heterocycles. The number of nitrogens with one attached hydrogen (secondary N) is 1. The summed E-state index contributed by atoms with van der Waals surface area (Å²) in [5.41, 5.74) is 4.64. The van der Waals surface area contributed by atoms with Crippen LogP contribution in [0.5, 0.6) is 0 Å². The number of hydrogen-bond donors (Lipinski definition) is 2. The fourth-order valence-corrected chi connectivity index (χ4v) is 4.48. The highest BCUT2D eigenvalue weighted by molar-refractivity contribution is 9.10. The SMILES string of the molecule is CC(C)(CN)NS(=O)(=O)c1c(Cl)cc(F)cc1Br.Cl. The Hall–Kier alpha value is 0.0800. The molecule has 0 fully saturated rings. The normalized spacial score (nSPS) is 12.1. The van der Waals surface area contributed by atoms with Crippen LogP contribution < -0.4 is 10.5 Å². The van der Waals surface area contributed by atoms with Crippen LogP contribution in [0.15, 0.2) is 21.5 Å². The molecule has 1 aromatic carbocycles. The quantitative estimate of drug-likeness (QED) is 0.823. The van der Waals surface area contributed by atoms with Gasteiger partial charge in [-0.1, -0.05) is 11.6 Å². The molecule has 0 spiro atoms. The van der Waals surface area contributed by atoms with E-state index in [0.29, 0.717) is 0 Å². The highest BCUT2D eigenvalue weighted by Crippen LogP contribution is 2.31. The molecule has 0 atom stereocenters. The summed E-state index contributed by atoms with van der Waals surface area (Å²) in [5, 5.41) is -0.192. The fraction of sp³-hybridized carbons (Fsp3) is 0.400. The van der Waals surface area contributed by atoms with E-state index in [4.69, 9.17) is 17.3 Å². The van der Waals surface area contributed by atoms with Crippen LogP contribution in [-0.4, -0.2) is 20.5 Å². The lowest BCUT2D eigenvalue weighted by atomic mass is 10.1. The minimum Gasteiger partial charge on any atom is -0.329 e. The van der Waals surface area contributed by atoms with Gasteiger partial charge in [0.05, 0.1) is 5.02 Å². The Morgan fingerprint density at radius 3 is 2.42 bits per heavy atom. The van der Waals surface area contributed by atoms with Crippen molar-refractivity contribution in [3.05, 3.63) is 27.4 Å². The number of nitrogens with two attached hydrogens (primary N) is 1. The second kappa shape index (κ2) is 6.69. The molecule has 0 saturated carbocycles. The predicted octanol–water partition coefficient (Wildman–Crippen LogP) is 2.68. The Bertz CT molecular complexity index is 544. The van der Waals surface area contributed by atoms with Gasteiger partial charge in [-0.2, -0.15) is 0 Å². The van der Waals surface area contributed by atoms with Crippen molar-refractivity contribution in [2.75, 3.05) is 6.54 Å². The average molecular weight is 396 g/mol. The van der Waals surface area contributed by atoms with Crippen LogP contribution in [0.4, 0.5) is 4.39 Å². The van der Waals surface area contributed by atoms with Gasteiger partial charge >= 0.3 is 0 Å². The molecule has 1 aromatic rings. The molecular formula is C10H14BrCl2FN2O2S. The third kappa shape index (κ3) is 4.84. The summed E-state index contributed by atoms with van der Waals surface area (Å²) < 4.78 is 39.8. The second-order valence-electron chi connectivity index (χ2n) is 4.39. The van der Waals surface area contributed by atoms with Gasteiger partial charge in [0.25, 0.3) is 0 Å². The molecule has 1 rings (SSSR count). The largest absolute Gasteiger partial charge is 0.329 e. The number of sulfonamides is 1.